The fourth-order valence-corrected chi connectivity index (χ4v) is 1.87. The van der Waals surface area contributed by atoms with Gasteiger partial charge in [-0.3, -0.25) is 0 Å². The Morgan fingerprint density at radius 1 is 1.58 bits per heavy atom. The van der Waals surface area contributed by atoms with Crippen molar-refractivity contribution >= 4 is 28.3 Å². The highest BCUT2D eigenvalue weighted by molar-refractivity contribution is 7.09. The fraction of sp³-hybridized carbons (Fsp3) is 0.714. The first-order valence-electron chi connectivity index (χ1n) is 3.89. The maximum atomic E-state index is 5.65. The Bertz CT molecular complexity index is 238. The van der Waals surface area contributed by atoms with Crippen LogP contribution in [-0.2, 0) is 0 Å². The Balaban J connectivity index is 2.66. The van der Waals surface area contributed by atoms with Gasteiger partial charge in [0.15, 0.2) is 0 Å². The summed E-state index contributed by atoms with van der Waals surface area (Å²) >= 11 is 7.07. The Hall–Kier alpha value is -0.350. The number of hydrogen-bond acceptors (Lipinski definition) is 4. The van der Waals surface area contributed by atoms with Crippen molar-refractivity contribution in [1.29, 1.82) is 0 Å². The van der Waals surface area contributed by atoms with Crippen LogP contribution < -0.4 is 4.90 Å². The number of alkyl halides is 1. The van der Waals surface area contributed by atoms with Crippen LogP contribution in [0.3, 0.4) is 0 Å². The summed E-state index contributed by atoms with van der Waals surface area (Å²) in [6.45, 7) is 5.76. The van der Waals surface area contributed by atoms with Crippen LogP contribution in [0.25, 0.3) is 0 Å². The van der Waals surface area contributed by atoms with E-state index in [1.807, 2.05) is 6.92 Å². The second-order valence-corrected chi connectivity index (χ2v) is 3.50. The number of aryl methyl sites for hydroxylation is 1. The van der Waals surface area contributed by atoms with Gasteiger partial charge in [-0.05, 0) is 13.8 Å². The minimum absolute atomic E-state index is 0.631. The lowest BCUT2D eigenvalue weighted by Crippen LogP contribution is -2.24. The van der Waals surface area contributed by atoms with E-state index in [-0.39, 0.29) is 0 Å². The summed E-state index contributed by atoms with van der Waals surface area (Å²) in [5.41, 5.74) is 0. The van der Waals surface area contributed by atoms with Gasteiger partial charge in [0.25, 0.3) is 0 Å². The average molecular weight is 206 g/mol. The molecule has 1 aromatic heterocycles. The molecule has 0 amide bonds. The molecule has 0 aliphatic carbocycles. The first kappa shape index (κ1) is 9.74. The van der Waals surface area contributed by atoms with Crippen LogP contribution in [0.1, 0.15) is 12.7 Å². The molecule has 68 valence electrons. The van der Waals surface area contributed by atoms with Gasteiger partial charge in [0, 0.05) is 30.5 Å². The molecule has 0 spiro atoms. The monoisotopic (exact) mass is 205 g/mol. The van der Waals surface area contributed by atoms with Crippen LogP contribution >= 0.6 is 23.1 Å². The molecule has 0 saturated heterocycles. The molecule has 0 aliphatic rings. The van der Waals surface area contributed by atoms with Crippen LogP contribution in [0.2, 0.25) is 0 Å². The lowest BCUT2D eigenvalue weighted by atomic mass is 10.5. The zero-order chi connectivity index (χ0) is 8.97. The molecule has 0 N–H and O–H groups in total. The summed E-state index contributed by atoms with van der Waals surface area (Å²) in [5.74, 6) is 1.47. The van der Waals surface area contributed by atoms with Crippen molar-refractivity contribution in [2.24, 2.45) is 0 Å². The Morgan fingerprint density at radius 2 is 2.33 bits per heavy atom. The Morgan fingerprint density at radius 3 is 2.75 bits per heavy atom. The number of nitrogens with zero attached hydrogens (tertiary/aromatic N) is 3. The largest absolute Gasteiger partial charge is 0.346 e. The van der Waals surface area contributed by atoms with E-state index in [1.165, 1.54) is 11.5 Å². The molecule has 0 aromatic carbocycles. The first-order chi connectivity index (χ1) is 5.77. The number of aromatic nitrogens is 2. The van der Waals surface area contributed by atoms with Gasteiger partial charge in [-0.25, -0.2) is 4.98 Å². The van der Waals surface area contributed by atoms with E-state index >= 15 is 0 Å². The number of hydrogen-bond donors (Lipinski definition) is 0. The highest BCUT2D eigenvalue weighted by atomic mass is 35.5. The quantitative estimate of drug-likeness (QED) is 0.704. The van der Waals surface area contributed by atoms with Gasteiger partial charge >= 0.3 is 0 Å². The molecule has 1 heterocycles. The van der Waals surface area contributed by atoms with Crippen molar-refractivity contribution in [2.45, 2.75) is 13.8 Å². The summed E-state index contributed by atoms with van der Waals surface area (Å²) in [4.78, 5) is 6.40. The molecule has 0 bridgehead atoms. The van der Waals surface area contributed by atoms with Gasteiger partial charge in [0.2, 0.25) is 5.13 Å². The van der Waals surface area contributed by atoms with Crippen LogP contribution in [0.4, 0.5) is 5.13 Å². The molecule has 0 fully saturated rings. The third kappa shape index (κ3) is 2.32. The standard InChI is InChI=1S/C7H12ClN3S/c1-3-11(5-4-8)7-9-6(2)10-12-7/h3-5H2,1-2H3. The number of rotatable bonds is 4. The van der Waals surface area contributed by atoms with Crippen molar-refractivity contribution < 1.29 is 0 Å². The second kappa shape index (κ2) is 4.62. The number of anilines is 1. The molecular weight excluding hydrogens is 194 g/mol. The molecule has 1 aromatic rings. The summed E-state index contributed by atoms with van der Waals surface area (Å²) in [6, 6.07) is 0. The fourth-order valence-electron chi connectivity index (χ4n) is 0.906. The predicted octanol–water partition coefficient (Wildman–Crippen LogP) is 1.91. The molecule has 0 radical (unpaired) electrons. The van der Waals surface area contributed by atoms with Crippen LogP contribution in [0, 0.1) is 6.92 Å². The highest BCUT2D eigenvalue weighted by Gasteiger charge is 2.07. The van der Waals surface area contributed by atoms with Gasteiger partial charge in [0.05, 0.1) is 0 Å². The Kier molecular flexibility index (Phi) is 3.75. The zero-order valence-corrected chi connectivity index (χ0v) is 8.82. The van der Waals surface area contributed by atoms with Gasteiger partial charge in [-0.15, -0.1) is 11.6 Å². The molecule has 0 saturated carbocycles. The van der Waals surface area contributed by atoms with Gasteiger partial charge in [-0.2, -0.15) is 4.37 Å². The molecule has 0 atom stereocenters. The summed E-state index contributed by atoms with van der Waals surface area (Å²) in [6.07, 6.45) is 0. The lowest BCUT2D eigenvalue weighted by Gasteiger charge is -2.16. The van der Waals surface area contributed by atoms with E-state index in [0.717, 1.165) is 24.0 Å². The van der Waals surface area contributed by atoms with Crippen molar-refractivity contribution in [2.75, 3.05) is 23.9 Å². The van der Waals surface area contributed by atoms with Crippen molar-refractivity contribution in [3.63, 3.8) is 0 Å². The highest BCUT2D eigenvalue weighted by Crippen LogP contribution is 2.15. The van der Waals surface area contributed by atoms with Gasteiger partial charge in [-0.1, -0.05) is 0 Å². The van der Waals surface area contributed by atoms with Crippen LogP contribution in [0.5, 0.6) is 0 Å². The topological polar surface area (TPSA) is 29.0 Å². The van der Waals surface area contributed by atoms with E-state index in [0.29, 0.717) is 5.88 Å². The molecule has 12 heavy (non-hydrogen) atoms. The second-order valence-electron chi connectivity index (χ2n) is 2.39. The number of halogens is 1. The van der Waals surface area contributed by atoms with E-state index in [9.17, 15) is 0 Å². The SMILES string of the molecule is CCN(CCCl)c1nc(C)ns1. The Labute approximate surface area is 81.5 Å². The van der Waals surface area contributed by atoms with Crippen LogP contribution in [-0.4, -0.2) is 28.3 Å². The molecule has 1 rings (SSSR count). The summed E-state index contributed by atoms with van der Waals surface area (Å²) < 4.78 is 4.11. The van der Waals surface area contributed by atoms with Gasteiger partial charge in [0.1, 0.15) is 5.82 Å². The molecule has 3 nitrogen and oxygen atoms in total. The lowest BCUT2D eigenvalue weighted by molar-refractivity contribution is 0.860. The van der Waals surface area contributed by atoms with E-state index in [4.69, 9.17) is 11.6 Å². The third-order valence-electron chi connectivity index (χ3n) is 1.52. The maximum Gasteiger partial charge on any atom is 0.205 e. The summed E-state index contributed by atoms with van der Waals surface area (Å²) in [7, 11) is 0. The van der Waals surface area contributed by atoms with Crippen molar-refractivity contribution in [1.82, 2.24) is 9.36 Å². The van der Waals surface area contributed by atoms with Crippen LogP contribution in [0.15, 0.2) is 0 Å². The van der Waals surface area contributed by atoms with E-state index < -0.39 is 0 Å². The molecule has 0 unspecified atom stereocenters. The minimum Gasteiger partial charge on any atom is -0.346 e. The first-order valence-corrected chi connectivity index (χ1v) is 5.20. The normalized spacial score (nSPS) is 10.2. The van der Waals surface area contributed by atoms with Crippen molar-refractivity contribution in [3.8, 4) is 0 Å². The third-order valence-corrected chi connectivity index (χ3v) is 2.56. The molecule has 5 heteroatoms. The molecule has 0 aliphatic heterocycles. The van der Waals surface area contributed by atoms with Crippen molar-refractivity contribution in [3.05, 3.63) is 5.82 Å². The smallest absolute Gasteiger partial charge is 0.205 e. The van der Waals surface area contributed by atoms with Gasteiger partial charge < -0.3 is 4.90 Å². The van der Waals surface area contributed by atoms with E-state index in [2.05, 4.69) is 21.2 Å². The average Bonchev–Trinajstić information content (AvgIpc) is 2.47. The molecular formula is C7H12ClN3S. The predicted molar refractivity (Wildman–Crippen MR) is 53.3 cm³/mol. The maximum absolute atomic E-state index is 5.65. The summed E-state index contributed by atoms with van der Waals surface area (Å²) in [5, 5.41) is 0.968. The zero-order valence-electron chi connectivity index (χ0n) is 7.25. The minimum atomic E-state index is 0.631. The van der Waals surface area contributed by atoms with E-state index in [1.54, 1.807) is 0 Å².